The molecule has 34 heavy (non-hydrogen) atoms. The first-order valence-electron chi connectivity index (χ1n) is 10.7. The Hall–Kier alpha value is -4.51. The van der Waals surface area contributed by atoms with E-state index in [4.69, 9.17) is 10.8 Å². The van der Waals surface area contributed by atoms with Gasteiger partial charge in [-0.2, -0.15) is 10.2 Å². The van der Waals surface area contributed by atoms with E-state index in [0.29, 0.717) is 40.5 Å². The largest absolute Gasteiger partial charge is 0.394 e. The van der Waals surface area contributed by atoms with Gasteiger partial charge in [0.1, 0.15) is 23.5 Å². The number of nitrogens with two attached hydrogens (primary N) is 1. The number of aliphatic hydroxyl groups is 1. The number of nitrogen functional groups attached to an aromatic ring is 1. The van der Waals surface area contributed by atoms with E-state index in [1.165, 1.54) is 6.33 Å². The number of hydrogen-bond acceptors (Lipinski definition) is 8. The summed E-state index contributed by atoms with van der Waals surface area (Å²) in [5, 5.41) is 21.5. The fraction of sp³-hybridized carbons (Fsp3) is 0.174. The minimum atomic E-state index is -0.430. The lowest BCUT2D eigenvalue weighted by molar-refractivity contribution is 0.269. The van der Waals surface area contributed by atoms with E-state index in [2.05, 4.69) is 20.4 Å². The first kappa shape index (κ1) is 21.3. The minimum Gasteiger partial charge on any atom is -0.394 e. The molecule has 11 nitrogen and oxygen atoms in total. The van der Waals surface area contributed by atoms with Crippen LogP contribution in [0.5, 0.6) is 0 Å². The lowest BCUT2D eigenvalue weighted by Gasteiger charge is -2.21. The molecule has 1 atom stereocenters. The van der Waals surface area contributed by atoms with Crippen LogP contribution in [0.15, 0.2) is 72.2 Å². The highest BCUT2D eigenvalue weighted by molar-refractivity contribution is 5.82. The quantitative estimate of drug-likeness (QED) is 0.336. The number of rotatable bonds is 7. The van der Waals surface area contributed by atoms with Crippen LogP contribution in [-0.4, -0.2) is 45.6 Å². The highest BCUT2D eigenvalue weighted by Gasteiger charge is 2.21. The Labute approximate surface area is 194 Å². The van der Waals surface area contributed by atoms with Crippen molar-refractivity contribution in [2.45, 2.75) is 19.5 Å². The van der Waals surface area contributed by atoms with E-state index in [1.54, 1.807) is 44.5 Å². The van der Waals surface area contributed by atoms with Gasteiger partial charge < -0.3 is 16.2 Å². The summed E-state index contributed by atoms with van der Waals surface area (Å²) in [6.07, 6.45) is 6.53. The topological polar surface area (TPSA) is 141 Å². The monoisotopic (exact) mass is 457 g/mol. The molecule has 5 aromatic rings. The Bertz CT molecular complexity index is 1500. The molecule has 1 unspecified atom stereocenters. The van der Waals surface area contributed by atoms with Gasteiger partial charge in [0.25, 0.3) is 5.56 Å². The Kier molecular flexibility index (Phi) is 5.52. The van der Waals surface area contributed by atoms with Crippen molar-refractivity contribution in [3.05, 3.63) is 83.6 Å². The number of nitrogens with zero attached hydrogens (tertiary/aromatic N) is 7. The molecule has 0 radical (unpaired) electrons. The third-order valence-electron chi connectivity index (χ3n) is 5.47. The molecule has 0 spiro atoms. The van der Waals surface area contributed by atoms with Crippen molar-refractivity contribution >= 4 is 17.2 Å². The summed E-state index contributed by atoms with van der Waals surface area (Å²) in [6, 6.07) is 12.5. The van der Waals surface area contributed by atoms with Crippen molar-refractivity contribution in [3.63, 3.8) is 0 Å². The zero-order chi connectivity index (χ0) is 23.7. The highest BCUT2D eigenvalue weighted by atomic mass is 16.3. The van der Waals surface area contributed by atoms with Gasteiger partial charge in [-0.3, -0.25) is 14.0 Å². The second-order valence-corrected chi connectivity index (χ2v) is 7.74. The normalized spacial score (nSPS) is 12.2. The smallest absolute Gasteiger partial charge is 0.282 e. The lowest BCUT2D eigenvalue weighted by Crippen LogP contribution is -2.29. The molecule has 0 aliphatic heterocycles. The first-order chi connectivity index (χ1) is 16.6. The summed E-state index contributed by atoms with van der Waals surface area (Å²) >= 11 is 0. The SMILES string of the molecule is CC(Nc1ncnc(N)c1-c1cnn(CCO)c1)c1nn2cccc2c(=O)n1-c1ccccc1. The highest BCUT2D eigenvalue weighted by Crippen LogP contribution is 2.32. The third-order valence-corrected chi connectivity index (χ3v) is 5.47. The fourth-order valence-corrected chi connectivity index (χ4v) is 3.89. The summed E-state index contributed by atoms with van der Waals surface area (Å²) < 4.78 is 4.78. The first-order valence-corrected chi connectivity index (χ1v) is 10.7. The number of hydrogen-bond donors (Lipinski definition) is 3. The maximum Gasteiger partial charge on any atom is 0.282 e. The molecule has 4 aromatic heterocycles. The van der Waals surface area contributed by atoms with Gasteiger partial charge in [-0.25, -0.2) is 14.5 Å². The summed E-state index contributed by atoms with van der Waals surface area (Å²) in [7, 11) is 0. The average Bonchev–Trinajstić information content (AvgIpc) is 3.50. The molecule has 1 aromatic carbocycles. The van der Waals surface area contributed by atoms with E-state index in [-0.39, 0.29) is 18.0 Å². The second kappa shape index (κ2) is 8.79. The van der Waals surface area contributed by atoms with Crippen LogP contribution < -0.4 is 16.6 Å². The van der Waals surface area contributed by atoms with Crippen molar-refractivity contribution in [2.75, 3.05) is 17.7 Å². The third kappa shape index (κ3) is 3.77. The molecule has 172 valence electrons. The van der Waals surface area contributed by atoms with Crippen LogP contribution in [-0.2, 0) is 6.54 Å². The maximum atomic E-state index is 13.4. The molecule has 5 rings (SSSR count). The Balaban J connectivity index is 1.60. The number of aromatic nitrogens is 7. The summed E-state index contributed by atoms with van der Waals surface area (Å²) in [5.74, 6) is 1.26. The maximum absolute atomic E-state index is 13.4. The molecule has 11 heteroatoms. The molecule has 0 amide bonds. The van der Waals surface area contributed by atoms with Gasteiger partial charge in [0, 0.05) is 18.0 Å². The van der Waals surface area contributed by atoms with E-state index in [0.717, 1.165) is 0 Å². The van der Waals surface area contributed by atoms with E-state index in [1.807, 2.05) is 37.3 Å². The van der Waals surface area contributed by atoms with Gasteiger partial charge >= 0.3 is 0 Å². The molecule has 0 aliphatic carbocycles. The molecular weight excluding hydrogens is 434 g/mol. The standard InChI is InChI=1S/C23H23N9O2/c1-15(28-21-19(20(24)25-14-26-21)16-12-27-30(13-16)10-11-33)22-29-31-9-5-8-18(31)23(34)32(22)17-6-3-2-4-7-17/h2-9,12-15,33H,10-11H2,1H3,(H3,24,25,26,28). The van der Waals surface area contributed by atoms with Crippen molar-refractivity contribution in [3.8, 4) is 16.8 Å². The van der Waals surface area contributed by atoms with Crippen LogP contribution in [0.25, 0.3) is 22.3 Å². The molecule has 0 bridgehead atoms. The van der Waals surface area contributed by atoms with Crippen LogP contribution in [0.4, 0.5) is 11.6 Å². The van der Waals surface area contributed by atoms with Crippen LogP contribution in [0.1, 0.15) is 18.8 Å². The van der Waals surface area contributed by atoms with E-state index < -0.39 is 6.04 Å². The molecular formula is C23H23N9O2. The van der Waals surface area contributed by atoms with Crippen molar-refractivity contribution < 1.29 is 5.11 Å². The lowest BCUT2D eigenvalue weighted by atomic mass is 10.1. The number of benzene rings is 1. The molecule has 0 saturated heterocycles. The Morgan fingerprint density at radius 3 is 2.76 bits per heavy atom. The summed E-state index contributed by atoms with van der Waals surface area (Å²) in [6.45, 7) is 2.22. The molecule has 4 N–H and O–H groups in total. The van der Waals surface area contributed by atoms with Gasteiger partial charge in [-0.05, 0) is 31.2 Å². The molecule has 0 aliphatic rings. The summed E-state index contributed by atoms with van der Waals surface area (Å²) in [5.41, 5.74) is 8.49. The van der Waals surface area contributed by atoms with Crippen molar-refractivity contribution in [1.29, 1.82) is 0 Å². The van der Waals surface area contributed by atoms with E-state index >= 15 is 0 Å². The van der Waals surface area contributed by atoms with Crippen LogP contribution >= 0.6 is 0 Å². The predicted molar refractivity (Wildman–Crippen MR) is 128 cm³/mol. The zero-order valence-electron chi connectivity index (χ0n) is 18.4. The predicted octanol–water partition coefficient (Wildman–Crippen LogP) is 1.89. The summed E-state index contributed by atoms with van der Waals surface area (Å²) in [4.78, 5) is 21.9. The van der Waals surface area contributed by atoms with Gasteiger partial charge in [0.2, 0.25) is 0 Å². The molecule has 0 saturated carbocycles. The Morgan fingerprint density at radius 1 is 1.15 bits per heavy atom. The van der Waals surface area contributed by atoms with Gasteiger partial charge in [0.05, 0.1) is 36.6 Å². The van der Waals surface area contributed by atoms with Crippen molar-refractivity contribution in [1.82, 2.24) is 33.9 Å². The number of fused-ring (bicyclic) bond motifs is 1. The Morgan fingerprint density at radius 2 is 1.97 bits per heavy atom. The van der Waals surface area contributed by atoms with Crippen LogP contribution in [0, 0.1) is 0 Å². The second-order valence-electron chi connectivity index (χ2n) is 7.74. The van der Waals surface area contributed by atoms with Crippen molar-refractivity contribution in [2.24, 2.45) is 0 Å². The van der Waals surface area contributed by atoms with Gasteiger partial charge in [-0.15, -0.1) is 0 Å². The number of anilines is 2. The zero-order valence-corrected chi connectivity index (χ0v) is 18.4. The molecule has 0 fully saturated rings. The minimum absolute atomic E-state index is 0.0331. The van der Waals surface area contributed by atoms with E-state index in [9.17, 15) is 9.90 Å². The number of para-hydroxylation sites is 1. The average molecular weight is 457 g/mol. The number of nitrogens with one attached hydrogen (secondary N) is 1. The van der Waals surface area contributed by atoms with Crippen LogP contribution in [0.2, 0.25) is 0 Å². The van der Waals surface area contributed by atoms with Gasteiger partial charge in [0.15, 0.2) is 5.82 Å². The van der Waals surface area contributed by atoms with Gasteiger partial charge in [-0.1, -0.05) is 18.2 Å². The number of aliphatic hydroxyl groups excluding tert-OH is 1. The van der Waals surface area contributed by atoms with Crippen LogP contribution in [0.3, 0.4) is 0 Å². The molecule has 4 heterocycles. The fourth-order valence-electron chi connectivity index (χ4n) is 3.89.